The molecule has 1 atom stereocenters. The Kier molecular flexibility index (Phi) is 5.84. The Morgan fingerprint density at radius 2 is 2.00 bits per heavy atom. The van der Waals surface area contributed by atoms with E-state index >= 15 is 0 Å². The number of alkyl halides is 3. The minimum Gasteiger partial charge on any atom is -0.494 e. The van der Waals surface area contributed by atoms with Crippen molar-refractivity contribution in [1.82, 2.24) is 14.9 Å². The summed E-state index contributed by atoms with van der Waals surface area (Å²) in [6.45, 7) is 2.22. The first-order valence-electron chi connectivity index (χ1n) is 10.2. The number of benzene rings is 2. The first kappa shape index (κ1) is 22.4. The van der Waals surface area contributed by atoms with E-state index in [-0.39, 0.29) is 11.5 Å². The number of nitrogens with zero attached hydrogens (tertiary/aromatic N) is 3. The summed E-state index contributed by atoms with van der Waals surface area (Å²) in [5.74, 6) is -0.539. The van der Waals surface area contributed by atoms with Gasteiger partial charge in [0.25, 0.3) is 5.91 Å². The number of hydrogen-bond acceptors (Lipinski definition) is 4. The van der Waals surface area contributed by atoms with Crippen LogP contribution >= 0.6 is 0 Å². The van der Waals surface area contributed by atoms with Crippen LogP contribution in [0.4, 0.5) is 18.9 Å². The van der Waals surface area contributed by atoms with Crippen LogP contribution in [0.15, 0.2) is 55.0 Å². The van der Waals surface area contributed by atoms with E-state index in [1.807, 2.05) is 17.7 Å². The Hall–Kier alpha value is -3.82. The Bertz CT molecular complexity index is 1210. The SMILES string of the molecule is COc1cc(N2CCC(NC(=O)c3cccc(C(F)(F)F)c3)C2=O)ccc1-n1cnc(C)c1. The van der Waals surface area contributed by atoms with Gasteiger partial charge in [0.15, 0.2) is 0 Å². The molecular weight excluding hydrogens is 437 g/mol. The lowest BCUT2D eigenvalue weighted by Crippen LogP contribution is -2.41. The topological polar surface area (TPSA) is 76.5 Å². The molecule has 0 spiro atoms. The number of aromatic nitrogens is 2. The van der Waals surface area contributed by atoms with Crippen molar-refractivity contribution in [2.45, 2.75) is 25.6 Å². The van der Waals surface area contributed by atoms with Crippen molar-refractivity contribution in [2.75, 3.05) is 18.6 Å². The maximum absolute atomic E-state index is 12.9. The lowest BCUT2D eigenvalue weighted by Gasteiger charge is -2.19. The zero-order valence-electron chi connectivity index (χ0n) is 17.9. The standard InChI is InChI=1S/C23H21F3N4O3/c1-14-12-29(13-27-14)19-7-6-17(11-20(19)33-2)30-9-8-18(22(30)32)28-21(31)15-4-3-5-16(10-15)23(24,25)26/h3-7,10-13,18H,8-9H2,1-2H3,(H,28,31). The molecule has 0 radical (unpaired) electrons. The van der Waals surface area contributed by atoms with Gasteiger partial charge in [0.2, 0.25) is 5.91 Å². The molecule has 0 aliphatic carbocycles. The van der Waals surface area contributed by atoms with E-state index in [1.54, 1.807) is 24.5 Å². The van der Waals surface area contributed by atoms with Crippen LogP contribution in [0.3, 0.4) is 0 Å². The van der Waals surface area contributed by atoms with Crippen molar-refractivity contribution in [2.24, 2.45) is 0 Å². The van der Waals surface area contributed by atoms with Gasteiger partial charge in [-0.2, -0.15) is 13.2 Å². The molecule has 1 N–H and O–H groups in total. The van der Waals surface area contributed by atoms with Crippen molar-refractivity contribution in [3.05, 3.63) is 71.8 Å². The number of carbonyl (C=O) groups excluding carboxylic acids is 2. The van der Waals surface area contributed by atoms with Gasteiger partial charge in [0, 0.05) is 30.1 Å². The van der Waals surface area contributed by atoms with Crippen molar-refractivity contribution in [3.8, 4) is 11.4 Å². The highest BCUT2D eigenvalue weighted by Crippen LogP contribution is 2.32. The van der Waals surface area contributed by atoms with Gasteiger partial charge in [-0.25, -0.2) is 4.98 Å². The zero-order chi connectivity index (χ0) is 23.8. The number of anilines is 1. The van der Waals surface area contributed by atoms with E-state index in [4.69, 9.17) is 4.74 Å². The molecule has 33 heavy (non-hydrogen) atoms. The van der Waals surface area contributed by atoms with Gasteiger partial charge < -0.3 is 19.5 Å². The molecule has 172 valence electrons. The lowest BCUT2D eigenvalue weighted by atomic mass is 10.1. The van der Waals surface area contributed by atoms with E-state index in [1.165, 1.54) is 18.1 Å². The second-order valence-corrected chi connectivity index (χ2v) is 7.66. The van der Waals surface area contributed by atoms with Gasteiger partial charge in [-0.15, -0.1) is 0 Å². The fraction of sp³-hybridized carbons (Fsp3) is 0.261. The zero-order valence-corrected chi connectivity index (χ0v) is 17.9. The van der Waals surface area contributed by atoms with Crippen molar-refractivity contribution in [3.63, 3.8) is 0 Å². The molecule has 0 bridgehead atoms. The monoisotopic (exact) mass is 458 g/mol. The van der Waals surface area contributed by atoms with Crippen LogP contribution in [-0.2, 0) is 11.0 Å². The Labute approximate surface area is 187 Å². The van der Waals surface area contributed by atoms with Gasteiger partial charge in [-0.3, -0.25) is 9.59 Å². The quantitative estimate of drug-likeness (QED) is 0.632. The molecule has 4 rings (SSSR count). The summed E-state index contributed by atoms with van der Waals surface area (Å²) in [6.07, 6.45) is -0.726. The lowest BCUT2D eigenvalue weighted by molar-refractivity contribution is -0.137. The molecule has 1 fully saturated rings. The third-order valence-electron chi connectivity index (χ3n) is 5.43. The number of hydrogen-bond donors (Lipinski definition) is 1. The highest BCUT2D eigenvalue weighted by molar-refractivity contribution is 6.04. The molecule has 1 aliphatic heterocycles. The molecule has 1 unspecified atom stereocenters. The van der Waals surface area contributed by atoms with Crippen LogP contribution in [0.1, 0.15) is 28.0 Å². The molecule has 2 aromatic carbocycles. The van der Waals surface area contributed by atoms with Gasteiger partial charge in [0.05, 0.1) is 30.4 Å². The number of ether oxygens (including phenoxy) is 1. The predicted octanol–water partition coefficient (Wildman–Crippen LogP) is 3.74. The second kappa shape index (κ2) is 8.61. The Morgan fingerprint density at radius 1 is 1.21 bits per heavy atom. The maximum Gasteiger partial charge on any atom is 0.416 e. The summed E-state index contributed by atoms with van der Waals surface area (Å²) in [6, 6.07) is 8.56. The van der Waals surface area contributed by atoms with Crippen LogP contribution in [0.5, 0.6) is 5.75 Å². The molecule has 3 aromatic rings. The van der Waals surface area contributed by atoms with E-state index < -0.39 is 23.7 Å². The molecule has 1 saturated heterocycles. The maximum atomic E-state index is 12.9. The van der Waals surface area contributed by atoms with Gasteiger partial charge in [-0.1, -0.05) is 6.07 Å². The predicted molar refractivity (Wildman–Crippen MR) is 115 cm³/mol. The average molecular weight is 458 g/mol. The van der Waals surface area contributed by atoms with Gasteiger partial charge in [-0.05, 0) is 43.7 Å². The third-order valence-corrected chi connectivity index (χ3v) is 5.43. The number of carbonyl (C=O) groups is 2. The molecule has 1 aliphatic rings. The fourth-order valence-electron chi connectivity index (χ4n) is 3.75. The van der Waals surface area contributed by atoms with E-state index in [0.717, 1.165) is 29.6 Å². The first-order chi connectivity index (χ1) is 15.7. The summed E-state index contributed by atoms with van der Waals surface area (Å²) in [5, 5.41) is 2.55. The minimum absolute atomic E-state index is 0.155. The van der Waals surface area contributed by atoms with E-state index in [0.29, 0.717) is 24.4 Å². The van der Waals surface area contributed by atoms with Crippen LogP contribution in [-0.4, -0.2) is 41.1 Å². The van der Waals surface area contributed by atoms with Crippen LogP contribution in [0.25, 0.3) is 5.69 Å². The molecule has 0 saturated carbocycles. The van der Waals surface area contributed by atoms with E-state index in [9.17, 15) is 22.8 Å². The largest absolute Gasteiger partial charge is 0.494 e. The van der Waals surface area contributed by atoms with Crippen LogP contribution in [0, 0.1) is 6.92 Å². The normalized spacial score (nSPS) is 16.2. The molecule has 7 nitrogen and oxygen atoms in total. The molecule has 2 heterocycles. The molecular formula is C23H21F3N4O3. The highest BCUT2D eigenvalue weighted by atomic mass is 19.4. The Balaban J connectivity index is 1.50. The van der Waals surface area contributed by atoms with Crippen molar-refractivity contribution in [1.29, 1.82) is 0 Å². The Morgan fingerprint density at radius 3 is 2.67 bits per heavy atom. The number of methoxy groups -OCH3 is 1. The third kappa shape index (κ3) is 4.55. The van der Waals surface area contributed by atoms with Gasteiger partial charge in [0.1, 0.15) is 11.8 Å². The molecule has 2 amide bonds. The number of imidazole rings is 1. The highest BCUT2D eigenvalue weighted by Gasteiger charge is 2.35. The number of halogens is 3. The summed E-state index contributed by atoms with van der Waals surface area (Å²) >= 11 is 0. The van der Waals surface area contributed by atoms with Crippen molar-refractivity contribution < 1.29 is 27.5 Å². The summed E-state index contributed by atoms with van der Waals surface area (Å²) in [5.41, 5.74) is 1.11. The minimum atomic E-state index is -4.56. The van der Waals surface area contributed by atoms with Gasteiger partial charge >= 0.3 is 6.18 Å². The van der Waals surface area contributed by atoms with Crippen LogP contribution in [0.2, 0.25) is 0 Å². The van der Waals surface area contributed by atoms with Crippen LogP contribution < -0.4 is 15.0 Å². The summed E-state index contributed by atoms with van der Waals surface area (Å²) in [4.78, 5) is 31.1. The fourth-order valence-corrected chi connectivity index (χ4v) is 3.75. The summed E-state index contributed by atoms with van der Waals surface area (Å²) in [7, 11) is 1.52. The number of rotatable bonds is 5. The second-order valence-electron chi connectivity index (χ2n) is 7.66. The number of amides is 2. The van der Waals surface area contributed by atoms with E-state index in [2.05, 4.69) is 10.3 Å². The smallest absolute Gasteiger partial charge is 0.416 e. The summed E-state index contributed by atoms with van der Waals surface area (Å²) < 4.78 is 46.1. The molecule has 1 aromatic heterocycles. The average Bonchev–Trinajstić information content (AvgIpc) is 3.38. The van der Waals surface area contributed by atoms with Crippen molar-refractivity contribution >= 4 is 17.5 Å². The molecule has 10 heteroatoms. The first-order valence-corrected chi connectivity index (χ1v) is 10.2. The number of aryl methyl sites for hydroxylation is 1. The number of nitrogens with one attached hydrogen (secondary N) is 1.